The van der Waals surface area contributed by atoms with Crippen molar-refractivity contribution in [2.75, 3.05) is 19.0 Å². The van der Waals surface area contributed by atoms with E-state index >= 15 is 0 Å². The van der Waals surface area contributed by atoms with Gasteiger partial charge in [0, 0.05) is 23.7 Å². The molecular weight excluding hydrogens is 530 g/mol. The Hall–Kier alpha value is -4.48. The zero-order valence-corrected chi connectivity index (χ0v) is 21.6. The molecule has 0 saturated heterocycles. The summed E-state index contributed by atoms with van der Waals surface area (Å²) in [5.74, 6) is -1.42. The number of benzene rings is 2. The lowest BCUT2D eigenvalue weighted by Gasteiger charge is -2.13. The van der Waals surface area contributed by atoms with Crippen molar-refractivity contribution in [3.8, 4) is 17.0 Å². The summed E-state index contributed by atoms with van der Waals surface area (Å²) in [4.78, 5) is 30.4. The molecular formula is C28H25F4N5O3. The number of amides is 1. The SMILES string of the molecule is COc1ccc(F)cc1C(=O)c1cc(NCCC(F)(F)F)c2ncc(-c3ccc(C(=O)NC4CC4)c(C)c3)n2n1. The second-order valence-corrected chi connectivity index (χ2v) is 9.57. The number of carbonyl (C=O) groups is 2. The molecule has 208 valence electrons. The highest BCUT2D eigenvalue weighted by Crippen LogP contribution is 2.29. The van der Waals surface area contributed by atoms with Crippen molar-refractivity contribution < 1.29 is 31.9 Å². The van der Waals surface area contributed by atoms with Crippen molar-refractivity contribution in [1.82, 2.24) is 19.9 Å². The molecule has 40 heavy (non-hydrogen) atoms. The van der Waals surface area contributed by atoms with Gasteiger partial charge in [0.2, 0.25) is 5.78 Å². The number of aromatic nitrogens is 3. The summed E-state index contributed by atoms with van der Waals surface area (Å²) < 4.78 is 59.1. The number of rotatable bonds is 9. The van der Waals surface area contributed by atoms with Gasteiger partial charge in [-0.25, -0.2) is 13.9 Å². The van der Waals surface area contributed by atoms with E-state index in [2.05, 4.69) is 20.7 Å². The highest BCUT2D eigenvalue weighted by molar-refractivity contribution is 6.10. The molecule has 2 heterocycles. The molecule has 0 atom stereocenters. The standard InChI is InChI=1S/C28H25F4N5O3/c1-15-11-16(3-7-19(15)27(39)35-18-5-6-18)23-14-34-26-22(33-10-9-28(30,31)32)13-21(36-37(23)26)25(38)20-12-17(29)4-8-24(20)40-2/h3-4,7-8,11-14,18,33H,5-6,9-10H2,1-2H3,(H,35,39). The van der Waals surface area contributed by atoms with Crippen LogP contribution in [0.1, 0.15) is 51.2 Å². The summed E-state index contributed by atoms with van der Waals surface area (Å²) in [6.07, 6.45) is -2.11. The first kappa shape index (κ1) is 27.1. The third kappa shape index (κ3) is 5.75. The van der Waals surface area contributed by atoms with Crippen molar-refractivity contribution in [2.24, 2.45) is 0 Å². The van der Waals surface area contributed by atoms with Gasteiger partial charge in [-0.05, 0) is 61.7 Å². The third-order valence-corrected chi connectivity index (χ3v) is 6.51. The molecule has 2 aromatic heterocycles. The lowest BCUT2D eigenvalue weighted by molar-refractivity contribution is -0.131. The van der Waals surface area contributed by atoms with Crippen LogP contribution in [0, 0.1) is 12.7 Å². The summed E-state index contributed by atoms with van der Waals surface area (Å²) in [6.45, 7) is 1.32. The predicted molar refractivity (Wildman–Crippen MR) is 139 cm³/mol. The minimum absolute atomic E-state index is 0.0980. The monoisotopic (exact) mass is 555 g/mol. The Labute approximate surface area is 226 Å². The van der Waals surface area contributed by atoms with E-state index < -0.39 is 30.7 Å². The van der Waals surface area contributed by atoms with Crippen LogP contribution in [0.4, 0.5) is 23.2 Å². The van der Waals surface area contributed by atoms with Crippen LogP contribution in [-0.2, 0) is 0 Å². The number of carbonyl (C=O) groups excluding carboxylic acids is 2. The Morgan fingerprint density at radius 3 is 2.55 bits per heavy atom. The topological polar surface area (TPSA) is 97.6 Å². The smallest absolute Gasteiger partial charge is 0.390 e. The molecule has 2 aromatic carbocycles. The summed E-state index contributed by atoms with van der Waals surface area (Å²) in [5, 5.41) is 10.1. The number of anilines is 1. The van der Waals surface area contributed by atoms with Crippen molar-refractivity contribution in [1.29, 1.82) is 0 Å². The molecule has 0 aliphatic heterocycles. The number of fused-ring (bicyclic) bond motifs is 1. The van der Waals surface area contributed by atoms with Gasteiger partial charge in [-0.3, -0.25) is 9.59 Å². The molecule has 4 aromatic rings. The fraction of sp³-hybridized carbons (Fsp3) is 0.286. The second-order valence-electron chi connectivity index (χ2n) is 9.57. The number of hydrogen-bond donors (Lipinski definition) is 2. The maximum atomic E-state index is 14.0. The number of ether oxygens (including phenoxy) is 1. The number of halogens is 4. The summed E-state index contributed by atoms with van der Waals surface area (Å²) in [5.41, 5.74) is 2.34. The maximum absolute atomic E-state index is 14.0. The summed E-state index contributed by atoms with van der Waals surface area (Å²) in [7, 11) is 1.33. The quantitative estimate of drug-likeness (QED) is 0.214. The number of nitrogens with one attached hydrogen (secondary N) is 2. The molecule has 8 nitrogen and oxygen atoms in total. The van der Waals surface area contributed by atoms with E-state index in [1.165, 1.54) is 30.0 Å². The molecule has 2 N–H and O–H groups in total. The summed E-state index contributed by atoms with van der Waals surface area (Å²) >= 11 is 0. The molecule has 1 amide bonds. The molecule has 1 aliphatic rings. The molecule has 1 fully saturated rings. The highest BCUT2D eigenvalue weighted by atomic mass is 19.4. The van der Waals surface area contributed by atoms with Crippen LogP contribution < -0.4 is 15.4 Å². The van der Waals surface area contributed by atoms with E-state index in [9.17, 15) is 27.2 Å². The van der Waals surface area contributed by atoms with Crippen LogP contribution in [-0.4, -0.2) is 52.2 Å². The Bertz CT molecular complexity index is 1610. The molecule has 0 unspecified atom stereocenters. The largest absolute Gasteiger partial charge is 0.496 e. The Morgan fingerprint density at radius 2 is 1.88 bits per heavy atom. The Kier molecular flexibility index (Phi) is 7.17. The van der Waals surface area contributed by atoms with Gasteiger partial charge in [0.15, 0.2) is 5.65 Å². The van der Waals surface area contributed by atoms with Crippen molar-refractivity contribution in [2.45, 2.75) is 38.4 Å². The van der Waals surface area contributed by atoms with Gasteiger partial charge in [-0.2, -0.15) is 18.3 Å². The van der Waals surface area contributed by atoms with E-state index in [1.54, 1.807) is 25.1 Å². The number of alkyl halides is 3. The van der Waals surface area contributed by atoms with Crippen molar-refractivity contribution in [3.63, 3.8) is 0 Å². The average molecular weight is 556 g/mol. The molecule has 12 heteroatoms. The van der Waals surface area contributed by atoms with Crippen LogP contribution in [0.3, 0.4) is 0 Å². The first-order valence-electron chi connectivity index (χ1n) is 12.5. The fourth-order valence-electron chi connectivity index (χ4n) is 4.31. The molecule has 1 saturated carbocycles. The molecule has 0 bridgehead atoms. The molecule has 1 aliphatic carbocycles. The van der Waals surface area contributed by atoms with Gasteiger partial charge in [-0.1, -0.05) is 6.07 Å². The van der Waals surface area contributed by atoms with Gasteiger partial charge >= 0.3 is 6.18 Å². The van der Waals surface area contributed by atoms with Gasteiger partial charge < -0.3 is 15.4 Å². The fourth-order valence-corrected chi connectivity index (χ4v) is 4.31. The summed E-state index contributed by atoms with van der Waals surface area (Å²) in [6, 6.07) is 10.1. The maximum Gasteiger partial charge on any atom is 0.390 e. The number of hydrogen-bond acceptors (Lipinski definition) is 6. The Balaban J connectivity index is 1.58. The van der Waals surface area contributed by atoms with Crippen LogP contribution in [0.5, 0.6) is 5.75 Å². The van der Waals surface area contributed by atoms with Crippen LogP contribution in [0.2, 0.25) is 0 Å². The van der Waals surface area contributed by atoms with Crippen LogP contribution in [0.25, 0.3) is 16.9 Å². The predicted octanol–water partition coefficient (Wildman–Crippen LogP) is 5.34. The van der Waals surface area contributed by atoms with E-state index in [0.717, 1.165) is 25.0 Å². The molecule has 5 rings (SSSR count). The van der Waals surface area contributed by atoms with E-state index in [1.807, 2.05) is 0 Å². The lowest BCUT2D eigenvalue weighted by Crippen LogP contribution is -2.26. The number of aryl methyl sites for hydroxylation is 1. The number of ketones is 1. The van der Waals surface area contributed by atoms with Crippen molar-refractivity contribution >= 4 is 23.0 Å². The molecule has 0 radical (unpaired) electrons. The van der Waals surface area contributed by atoms with Crippen LogP contribution >= 0.6 is 0 Å². The number of methoxy groups -OCH3 is 1. The normalized spacial score (nSPS) is 13.3. The van der Waals surface area contributed by atoms with Gasteiger partial charge in [0.25, 0.3) is 5.91 Å². The zero-order valence-electron chi connectivity index (χ0n) is 21.6. The minimum atomic E-state index is -4.39. The highest BCUT2D eigenvalue weighted by Gasteiger charge is 2.27. The van der Waals surface area contributed by atoms with Gasteiger partial charge in [0.1, 0.15) is 17.3 Å². The average Bonchev–Trinajstić information content (AvgIpc) is 3.61. The third-order valence-electron chi connectivity index (χ3n) is 6.51. The van der Waals surface area contributed by atoms with E-state index in [0.29, 0.717) is 22.4 Å². The number of nitrogens with zero attached hydrogens (tertiary/aromatic N) is 3. The zero-order chi connectivity index (χ0) is 28.6. The first-order chi connectivity index (χ1) is 19.0. The van der Waals surface area contributed by atoms with Crippen molar-refractivity contribution in [3.05, 3.63) is 76.9 Å². The Morgan fingerprint density at radius 1 is 1.10 bits per heavy atom. The first-order valence-corrected chi connectivity index (χ1v) is 12.5. The number of imidazole rings is 1. The molecule has 0 spiro atoms. The second kappa shape index (κ2) is 10.6. The lowest BCUT2D eigenvalue weighted by atomic mass is 10.0. The van der Waals surface area contributed by atoms with E-state index in [4.69, 9.17) is 4.74 Å². The van der Waals surface area contributed by atoms with E-state index in [-0.39, 0.29) is 40.3 Å². The van der Waals surface area contributed by atoms with Gasteiger partial charge in [-0.15, -0.1) is 0 Å². The minimum Gasteiger partial charge on any atom is -0.496 e. The van der Waals surface area contributed by atoms with Gasteiger partial charge in [0.05, 0.1) is 36.7 Å². The van der Waals surface area contributed by atoms with Crippen LogP contribution in [0.15, 0.2) is 48.7 Å².